The Morgan fingerprint density at radius 2 is 1.61 bits per heavy atom. The number of β-amino-alcohol motifs (C(OH)–C–C–N with tert-alkyl or cyclic N) is 1. The molecule has 0 bridgehead atoms. The number of carbonyl (C=O) groups excluding carboxylic acids is 1. The lowest BCUT2D eigenvalue weighted by atomic mass is 10.1. The zero-order chi connectivity index (χ0) is 23.4. The molecule has 3 N–H and O–H groups in total. The van der Waals surface area contributed by atoms with Crippen molar-refractivity contribution in [3.05, 3.63) is 34.9 Å². The Morgan fingerprint density at radius 1 is 1.06 bits per heavy atom. The fraction of sp³-hybridized carbons (Fsp3) is 0.550. The highest BCUT2D eigenvalue weighted by Gasteiger charge is 2.23. The molecule has 2 rings (SSSR count). The van der Waals surface area contributed by atoms with Crippen molar-refractivity contribution in [3.63, 3.8) is 0 Å². The molecule has 1 aliphatic heterocycles. The van der Waals surface area contributed by atoms with Gasteiger partial charge in [-0.1, -0.05) is 23.7 Å². The Balaban J connectivity index is 0.000000703. The molecule has 0 aromatic heterocycles. The second-order valence-corrected chi connectivity index (χ2v) is 7.21. The lowest BCUT2D eigenvalue weighted by Gasteiger charge is -2.35. The fourth-order valence-electron chi connectivity index (χ4n) is 2.76. The predicted molar refractivity (Wildman–Crippen MR) is 112 cm³/mol. The molecule has 1 fully saturated rings. The molecule has 174 valence electrons. The molecule has 0 spiro atoms. The monoisotopic (exact) mass is 460 g/mol. The van der Waals surface area contributed by atoms with Gasteiger partial charge in [0.05, 0.1) is 25.4 Å². The summed E-state index contributed by atoms with van der Waals surface area (Å²) in [6.07, 6.45) is -0.931. The van der Waals surface area contributed by atoms with Crippen LogP contribution in [-0.4, -0.2) is 95.2 Å². The van der Waals surface area contributed by atoms with Gasteiger partial charge in [0.25, 0.3) is 0 Å². The van der Waals surface area contributed by atoms with Gasteiger partial charge >= 0.3 is 18.0 Å². The number of nitrogens with zero attached hydrogens (tertiary/aromatic N) is 2. The normalized spacial score (nSPS) is 15.9. The molecular weight excluding hydrogens is 432 g/mol. The molecular formula is C20H29ClN2O8. The summed E-state index contributed by atoms with van der Waals surface area (Å²) in [5.41, 5.74) is 1.03. The zero-order valence-electron chi connectivity index (χ0n) is 17.6. The average Bonchev–Trinajstić information content (AvgIpc) is 2.73. The van der Waals surface area contributed by atoms with Gasteiger partial charge in [-0.3, -0.25) is 4.90 Å². The lowest BCUT2D eigenvalue weighted by Crippen LogP contribution is -2.51. The molecule has 31 heavy (non-hydrogen) atoms. The van der Waals surface area contributed by atoms with Crippen LogP contribution >= 0.6 is 11.6 Å². The van der Waals surface area contributed by atoms with Crippen LogP contribution in [0.2, 0.25) is 5.02 Å². The van der Waals surface area contributed by atoms with Crippen molar-refractivity contribution >= 4 is 29.6 Å². The molecule has 11 heteroatoms. The molecule has 2 atom stereocenters. The molecule has 2 unspecified atom stereocenters. The van der Waals surface area contributed by atoms with Crippen LogP contribution in [-0.2, 0) is 19.1 Å². The van der Waals surface area contributed by atoms with Crippen LogP contribution in [0.15, 0.2) is 24.3 Å². The third-order valence-electron chi connectivity index (χ3n) is 4.43. The van der Waals surface area contributed by atoms with E-state index >= 15 is 0 Å². The highest BCUT2D eigenvalue weighted by Crippen LogP contribution is 2.19. The SMILES string of the molecule is CCOC(=O)N1CCN(CC(O)COC(C)c2ccc(Cl)cc2)CC1.O=C(O)C(=O)O. The number of carboxylic acid groups (broad SMARTS) is 2. The van der Waals surface area contributed by atoms with Crippen LogP contribution < -0.4 is 0 Å². The number of aliphatic carboxylic acids is 2. The molecule has 1 aromatic rings. The van der Waals surface area contributed by atoms with Crippen molar-refractivity contribution in [2.45, 2.75) is 26.1 Å². The summed E-state index contributed by atoms with van der Waals surface area (Å²) >= 11 is 5.88. The maximum atomic E-state index is 11.7. The number of carboxylic acids is 2. The van der Waals surface area contributed by atoms with Gasteiger partial charge in [-0.2, -0.15) is 0 Å². The van der Waals surface area contributed by atoms with Crippen LogP contribution in [0.4, 0.5) is 4.79 Å². The minimum absolute atomic E-state index is 0.104. The number of hydrogen-bond donors (Lipinski definition) is 3. The number of ether oxygens (including phenoxy) is 2. The number of hydrogen-bond acceptors (Lipinski definition) is 7. The molecule has 10 nitrogen and oxygen atoms in total. The van der Waals surface area contributed by atoms with Crippen LogP contribution in [0.1, 0.15) is 25.5 Å². The Labute approximate surface area is 185 Å². The van der Waals surface area contributed by atoms with Crippen molar-refractivity contribution in [3.8, 4) is 0 Å². The zero-order valence-corrected chi connectivity index (χ0v) is 18.3. The summed E-state index contributed by atoms with van der Waals surface area (Å²) in [5, 5.41) is 25.7. The van der Waals surface area contributed by atoms with E-state index in [4.69, 9.17) is 40.9 Å². The van der Waals surface area contributed by atoms with Gasteiger partial charge in [-0.25, -0.2) is 14.4 Å². The van der Waals surface area contributed by atoms with E-state index < -0.39 is 18.0 Å². The van der Waals surface area contributed by atoms with Crippen molar-refractivity contribution in [2.75, 3.05) is 45.9 Å². The van der Waals surface area contributed by atoms with Crippen LogP contribution in [0, 0.1) is 0 Å². The summed E-state index contributed by atoms with van der Waals surface area (Å²) in [6, 6.07) is 7.51. The number of piperazine rings is 1. The maximum Gasteiger partial charge on any atom is 0.414 e. The van der Waals surface area contributed by atoms with Gasteiger partial charge in [0.1, 0.15) is 0 Å². The van der Waals surface area contributed by atoms with Crippen molar-refractivity contribution in [1.82, 2.24) is 9.80 Å². The average molecular weight is 461 g/mol. The van der Waals surface area contributed by atoms with Gasteiger partial charge < -0.3 is 29.7 Å². The number of benzene rings is 1. The summed E-state index contributed by atoms with van der Waals surface area (Å²) in [5.74, 6) is -3.65. The van der Waals surface area contributed by atoms with Crippen LogP contribution in [0.25, 0.3) is 0 Å². The minimum Gasteiger partial charge on any atom is -0.473 e. The summed E-state index contributed by atoms with van der Waals surface area (Å²) in [6.45, 7) is 7.63. The van der Waals surface area contributed by atoms with Crippen LogP contribution in [0.3, 0.4) is 0 Å². The second kappa shape index (κ2) is 13.8. The molecule has 1 saturated heterocycles. The molecule has 0 aliphatic carbocycles. The first kappa shape index (κ1) is 26.6. The van der Waals surface area contributed by atoms with Crippen molar-refractivity contribution < 1.29 is 39.2 Å². The number of aliphatic hydroxyl groups excluding tert-OH is 1. The molecule has 1 aliphatic rings. The summed E-state index contributed by atoms with van der Waals surface area (Å²) in [7, 11) is 0. The minimum atomic E-state index is -1.82. The van der Waals surface area contributed by atoms with E-state index in [0.717, 1.165) is 18.7 Å². The van der Waals surface area contributed by atoms with E-state index in [1.807, 2.05) is 31.2 Å². The summed E-state index contributed by atoms with van der Waals surface area (Å²) in [4.78, 5) is 33.7. The highest BCUT2D eigenvalue weighted by molar-refractivity contribution is 6.30. The van der Waals surface area contributed by atoms with Gasteiger partial charge in [0.15, 0.2) is 0 Å². The predicted octanol–water partition coefficient (Wildman–Crippen LogP) is 1.71. The number of amides is 1. The Hall–Kier alpha value is -2.40. The third kappa shape index (κ3) is 10.5. The Bertz CT molecular complexity index is 696. The first-order valence-electron chi connectivity index (χ1n) is 9.79. The first-order chi connectivity index (χ1) is 14.6. The van der Waals surface area contributed by atoms with Crippen molar-refractivity contribution in [2.24, 2.45) is 0 Å². The van der Waals surface area contributed by atoms with Gasteiger partial charge in [0, 0.05) is 37.7 Å². The first-order valence-corrected chi connectivity index (χ1v) is 10.2. The van der Waals surface area contributed by atoms with E-state index in [-0.39, 0.29) is 18.8 Å². The maximum absolute atomic E-state index is 11.7. The molecule has 1 heterocycles. The van der Waals surface area contributed by atoms with E-state index in [1.54, 1.807) is 11.8 Å². The van der Waals surface area contributed by atoms with Gasteiger partial charge in [0.2, 0.25) is 0 Å². The topological polar surface area (TPSA) is 137 Å². The molecule has 0 radical (unpaired) electrons. The molecule has 1 aromatic carbocycles. The molecule has 0 saturated carbocycles. The third-order valence-corrected chi connectivity index (χ3v) is 4.68. The quantitative estimate of drug-likeness (QED) is 0.519. The number of carbonyl (C=O) groups is 3. The lowest BCUT2D eigenvalue weighted by molar-refractivity contribution is -0.159. The van der Waals surface area contributed by atoms with E-state index in [2.05, 4.69) is 4.90 Å². The summed E-state index contributed by atoms with van der Waals surface area (Å²) < 4.78 is 10.8. The Morgan fingerprint density at radius 3 is 2.10 bits per heavy atom. The van der Waals surface area contributed by atoms with Gasteiger partial charge in [-0.15, -0.1) is 0 Å². The smallest absolute Gasteiger partial charge is 0.414 e. The molecule has 1 amide bonds. The number of aliphatic hydroxyl groups is 1. The van der Waals surface area contributed by atoms with E-state index in [0.29, 0.717) is 31.3 Å². The van der Waals surface area contributed by atoms with Gasteiger partial charge in [-0.05, 0) is 31.5 Å². The number of halogens is 1. The number of rotatable bonds is 7. The van der Waals surface area contributed by atoms with E-state index in [1.165, 1.54) is 0 Å². The largest absolute Gasteiger partial charge is 0.473 e. The second-order valence-electron chi connectivity index (χ2n) is 6.78. The van der Waals surface area contributed by atoms with Crippen molar-refractivity contribution in [1.29, 1.82) is 0 Å². The van der Waals surface area contributed by atoms with Crippen LogP contribution in [0.5, 0.6) is 0 Å². The fourth-order valence-corrected chi connectivity index (χ4v) is 2.89. The highest BCUT2D eigenvalue weighted by atomic mass is 35.5. The Kier molecular flexibility index (Phi) is 11.9. The standard InChI is InChI=1S/C18H27ClN2O4.C2H2O4/c1-3-24-18(23)21-10-8-20(9-11-21)12-17(22)13-25-14(2)15-4-6-16(19)7-5-15;3-1(4)2(5)6/h4-7,14,17,22H,3,8-13H2,1-2H3;(H,3,4)(H,5,6). The van der Waals surface area contributed by atoms with E-state index in [9.17, 15) is 9.90 Å².